The molecule has 1 aromatic heterocycles. The summed E-state index contributed by atoms with van der Waals surface area (Å²) in [6.45, 7) is 2.44. The zero-order valence-electron chi connectivity index (χ0n) is 11.8. The zero-order chi connectivity index (χ0) is 15.2. The van der Waals surface area contributed by atoms with Gasteiger partial charge in [-0.25, -0.2) is 4.39 Å². The number of halogens is 1. The Kier molecular flexibility index (Phi) is 5.47. The van der Waals surface area contributed by atoms with Crippen LogP contribution < -0.4 is 5.32 Å². The van der Waals surface area contributed by atoms with Crippen LogP contribution in [-0.4, -0.2) is 17.1 Å². The standard InChI is InChI=1S/C16H18FNO2S/c1-2-5-14(16(19)20)18-10-11-8-9-15(21-11)12-6-3-4-7-13(12)17/h3-4,6-9,14,18H,2,5,10H2,1H3,(H,19,20). The van der Waals surface area contributed by atoms with Crippen molar-refractivity contribution in [1.82, 2.24) is 5.32 Å². The molecule has 3 nitrogen and oxygen atoms in total. The van der Waals surface area contributed by atoms with E-state index in [0.29, 0.717) is 18.5 Å². The van der Waals surface area contributed by atoms with E-state index in [1.165, 1.54) is 17.4 Å². The predicted molar refractivity (Wildman–Crippen MR) is 82.9 cm³/mol. The van der Waals surface area contributed by atoms with Gasteiger partial charge in [-0.05, 0) is 24.6 Å². The molecule has 0 spiro atoms. The average molecular weight is 307 g/mol. The largest absolute Gasteiger partial charge is 0.480 e. The quantitative estimate of drug-likeness (QED) is 0.815. The lowest BCUT2D eigenvalue weighted by Gasteiger charge is -2.12. The summed E-state index contributed by atoms with van der Waals surface area (Å²) in [6.07, 6.45) is 1.41. The molecule has 0 aliphatic carbocycles. The van der Waals surface area contributed by atoms with Gasteiger partial charge < -0.3 is 5.11 Å². The van der Waals surface area contributed by atoms with Gasteiger partial charge in [0.15, 0.2) is 0 Å². The Balaban J connectivity index is 2.04. The Labute approximate surface area is 127 Å². The number of carboxylic acid groups (broad SMARTS) is 1. The van der Waals surface area contributed by atoms with E-state index in [-0.39, 0.29) is 5.82 Å². The van der Waals surface area contributed by atoms with Crippen molar-refractivity contribution in [3.8, 4) is 10.4 Å². The molecule has 2 N–H and O–H groups in total. The molecule has 0 aliphatic heterocycles. The first kappa shape index (κ1) is 15.7. The van der Waals surface area contributed by atoms with Gasteiger partial charge >= 0.3 is 5.97 Å². The fourth-order valence-corrected chi connectivity index (χ4v) is 3.09. The third-order valence-corrected chi connectivity index (χ3v) is 4.32. The van der Waals surface area contributed by atoms with Crippen molar-refractivity contribution < 1.29 is 14.3 Å². The summed E-state index contributed by atoms with van der Waals surface area (Å²) in [6, 6.07) is 9.90. The molecule has 112 valence electrons. The molecule has 0 saturated heterocycles. The van der Waals surface area contributed by atoms with Crippen LogP contribution in [0.15, 0.2) is 36.4 Å². The fourth-order valence-electron chi connectivity index (χ4n) is 2.10. The van der Waals surface area contributed by atoms with Gasteiger partial charge in [0.2, 0.25) is 0 Å². The first-order valence-corrected chi connectivity index (χ1v) is 7.73. The molecule has 0 bridgehead atoms. The van der Waals surface area contributed by atoms with Crippen molar-refractivity contribution in [2.24, 2.45) is 0 Å². The van der Waals surface area contributed by atoms with Crippen molar-refractivity contribution in [2.75, 3.05) is 0 Å². The smallest absolute Gasteiger partial charge is 0.320 e. The van der Waals surface area contributed by atoms with Crippen LogP contribution in [0.5, 0.6) is 0 Å². The molecular formula is C16H18FNO2S. The van der Waals surface area contributed by atoms with Gasteiger partial charge in [-0.3, -0.25) is 10.1 Å². The maximum Gasteiger partial charge on any atom is 0.320 e. The van der Waals surface area contributed by atoms with Crippen molar-refractivity contribution in [3.63, 3.8) is 0 Å². The number of rotatable bonds is 7. The number of thiophene rings is 1. The average Bonchev–Trinajstić information content (AvgIpc) is 2.92. The van der Waals surface area contributed by atoms with Crippen molar-refractivity contribution in [1.29, 1.82) is 0 Å². The minimum Gasteiger partial charge on any atom is -0.480 e. The highest BCUT2D eigenvalue weighted by Crippen LogP contribution is 2.29. The van der Waals surface area contributed by atoms with E-state index in [1.807, 2.05) is 19.1 Å². The molecule has 0 fully saturated rings. The monoisotopic (exact) mass is 307 g/mol. The molecule has 0 aliphatic rings. The Morgan fingerprint density at radius 3 is 2.76 bits per heavy atom. The minimum atomic E-state index is -0.831. The second-order valence-electron chi connectivity index (χ2n) is 4.81. The molecule has 1 atom stereocenters. The summed E-state index contributed by atoms with van der Waals surface area (Å²) in [7, 11) is 0. The summed E-state index contributed by atoms with van der Waals surface area (Å²) < 4.78 is 13.7. The molecule has 1 heterocycles. The SMILES string of the molecule is CCCC(NCc1ccc(-c2ccccc2F)s1)C(=O)O. The Bertz CT molecular complexity index is 612. The summed E-state index contributed by atoms with van der Waals surface area (Å²) in [5.41, 5.74) is 0.581. The number of hydrogen-bond acceptors (Lipinski definition) is 3. The minimum absolute atomic E-state index is 0.242. The molecule has 1 aromatic carbocycles. The van der Waals surface area contributed by atoms with Crippen LogP contribution in [0.1, 0.15) is 24.6 Å². The topological polar surface area (TPSA) is 49.3 Å². The van der Waals surface area contributed by atoms with Crippen molar-refractivity contribution in [2.45, 2.75) is 32.4 Å². The fraction of sp³-hybridized carbons (Fsp3) is 0.312. The van der Waals surface area contributed by atoms with Crippen LogP contribution in [0.3, 0.4) is 0 Å². The predicted octanol–water partition coefficient (Wildman–Crippen LogP) is 3.90. The number of nitrogens with one attached hydrogen (secondary N) is 1. The second kappa shape index (κ2) is 7.33. The first-order valence-electron chi connectivity index (χ1n) is 6.91. The van der Waals surface area contributed by atoms with E-state index in [4.69, 9.17) is 5.11 Å². The molecule has 0 saturated carbocycles. The van der Waals surface area contributed by atoms with Gasteiger partial charge in [0.1, 0.15) is 11.9 Å². The van der Waals surface area contributed by atoms with Crippen molar-refractivity contribution >= 4 is 17.3 Å². The molecule has 0 amide bonds. The first-order chi connectivity index (χ1) is 10.1. The normalized spacial score (nSPS) is 12.3. The lowest BCUT2D eigenvalue weighted by molar-refractivity contribution is -0.139. The van der Waals surface area contributed by atoms with E-state index in [1.54, 1.807) is 18.2 Å². The van der Waals surface area contributed by atoms with E-state index < -0.39 is 12.0 Å². The van der Waals surface area contributed by atoms with Gasteiger partial charge in [0, 0.05) is 21.9 Å². The Morgan fingerprint density at radius 2 is 2.10 bits per heavy atom. The maximum atomic E-state index is 13.7. The number of carboxylic acids is 1. The molecular weight excluding hydrogens is 289 g/mol. The number of aliphatic carboxylic acids is 1. The molecule has 2 rings (SSSR count). The Morgan fingerprint density at radius 1 is 1.33 bits per heavy atom. The third-order valence-electron chi connectivity index (χ3n) is 3.20. The number of benzene rings is 1. The summed E-state index contributed by atoms with van der Waals surface area (Å²) in [4.78, 5) is 12.9. The van der Waals surface area contributed by atoms with Gasteiger partial charge in [-0.2, -0.15) is 0 Å². The van der Waals surface area contributed by atoms with Crippen LogP contribution in [0, 0.1) is 5.82 Å². The van der Waals surface area contributed by atoms with Gasteiger partial charge in [-0.15, -0.1) is 11.3 Å². The van der Waals surface area contributed by atoms with Crippen molar-refractivity contribution in [3.05, 3.63) is 47.1 Å². The Hall–Kier alpha value is -1.72. The lowest BCUT2D eigenvalue weighted by Crippen LogP contribution is -2.35. The van der Waals surface area contributed by atoms with E-state index in [2.05, 4.69) is 5.32 Å². The highest BCUT2D eigenvalue weighted by Gasteiger charge is 2.15. The number of hydrogen-bond donors (Lipinski definition) is 2. The lowest BCUT2D eigenvalue weighted by atomic mass is 10.1. The summed E-state index contributed by atoms with van der Waals surface area (Å²) in [5, 5.41) is 12.1. The second-order valence-corrected chi connectivity index (χ2v) is 5.97. The maximum absolute atomic E-state index is 13.7. The highest BCUT2D eigenvalue weighted by atomic mass is 32.1. The molecule has 0 radical (unpaired) electrons. The van der Waals surface area contributed by atoms with E-state index >= 15 is 0 Å². The number of carbonyl (C=O) groups is 1. The molecule has 5 heteroatoms. The van der Waals surface area contributed by atoms with E-state index in [9.17, 15) is 9.18 Å². The molecule has 2 aromatic rings. The molecule has 1 unspecified atom stereocenters. The van der Waals surface area contributed by atoms with Gasteiger partial charge in [-0.1, -0.05) is 31.5 Å². The summed E-state index contributed by atoms with van der Waals surface area (Å²) in [5.74, 6) is -1.07. The highest BCUT2D eigenvalue weighted by molar-refractivity contribution is 7.15. The third kappa shape index (κ3) is 4.12. The van der Waals surface area contributed by atoms with Crippen LogP contribution >= 0.6 is 11.3 Å². The zero-order valence-corrected chi connectivity index (χ0v) is 12.6. The van der Waals surface area contributed by atoms with Gasteiger partial charge in [0.05, 0.1) is 0 Å². The van der Waals surface area contributed by atoms with Gasteiger partial charge in [0.25, 0.3) is 0 Å². The molecule has 21 heavy (non-hydrogen) atoms. The van der Waals surface area contributed by atoms with Crippen LogP contribution in [-0.2, 0) is 11.3 Å². The van der Waals surface area contributed by atoms with Crippen LogP contribution in [0.2, 0.25) is 0 Å². The van der Waals surface area contributed by atoms with Crippen LogP contribution in [0.25, 0.3) is 10.4 Å². The summed E-state index contributed by atoms with van der Waals surface area (Å²) >= 11 is 1.48. The van der Waals surface area contributed by atoms with E-state index in [0.717, 1.165) is 16.2 Å². The van der Waals surface area contributed by atoms with Crippen LogP contribution in [0.4, 0.5) is 4.39 Å².